The molecule has 2 N–H and O–H groups in total. The Morgan fingerprint density at radius 3 is 2.77 bits per heavy atom. The van der Waals surface area contributed by atoms with E-state index in [-0.39, 0.29) is 35.2 Å². The van der Waals surface area contributed by atoms with Crippen LogP contribution in [0.2, 0.25) is 0 Å². The lowest BCUT2D eigenvalue weighted by molar-refractivity contribution is -0.385. The van der Waals surface area contributed by atoms with Crippen molar-refractivity contribution >= 4 is 17.3 Å². The molecular formula is C23H23N3O5. The van der Waals surface area contributed by atoms with Gasteiger partial charge in [0.05, 0.1) is 35.4 Å². The molecule has 31 heavy (non-hydrogen) atoms. The van der Waals surface area contributed by atoms with Gasteiger partial charge in [0.15, 0.2) is 0 Å². The Morgan fingerprint density at radius 2 is 2.00 bits per heavy atom. The summed E-state index contributed by atoms with van der Waals surface area (Å²) >= 11 is 0. The zero-order valence-corrected chi connectivity index (χ0v) is 16.9. The highest BCUT2D eigenvalue weighted by Crippen LogP contribution is 2.52. The number of fused-ring (bicyclic) bond motifs is 3. The molecule has 0 aromatic heterocycles. The van der Waals surface area contributed by atoms with Gasteiger partial charge in [0.25, 0.3) is 11.6 Å². The highest BCUT2D eigenvalue weighted by Gasteiger charge is 2.41. The molecule has 8 nitrogen and oxygen atoms in total. The van der Waals surface area contributed by atoms with Gasteiger partial charge in [0, 0.05) is 36.7 Å². The number of nitro benzene ring substituents is 1. The summed E-state index contributed by atoms with van der Waals surface area (Å²) in [7, 11) is 0. The molecule has 1 aliphatic carbocycles. The van der Waals surface area contributed by atoms with Gasteiger partial charge in [-0.3, -0.25) is 14.9 Å². The Morgan fingerprint density at radius 1 is 1.19 bits per heavy atom. The molecule has 3 unspecified atom stereocenters. The van der Waals surface area contributed by atoms with Crippen molar-refractivity contribution in [1.29, 1.82) is 0 Å². The zero-order valence-electron chi connectivity index (χ0n) is 16.9. The molecule has 0 bridgehead atoms. The Labute approximate surface area is 179 Å². The third-order valence-electron chi connectivity index (χ3n) is 6.48. The number of carbonyl (C=O) groups excluding carboxylic acids is 1. The van der Waals surface area contributed by atoms with Crippen molar-refractivity contribution in [3.63, 3.8) is 0 Å². The van der Waals surface area contributed by atoms with Gasteiger partial charge >= 0.3 is 0 Å². The minimum atomic E-state index is -0.461. The number of hydrogen-bond donors (Lipinski definition) is 2. The number of aromatic hydroxyl groups is 1. The third-order valence-corrected chi connectivity index (χ3v) is 6.48. The number of amides is 1. The molecule has 3 aliphatic rings. The summed E-state index contributed by atoms with van der Waals surface area (Å²) in [4.78, 5) is 25.9. The lowest BCUT2D eigenvalue weighted by Crippen LogP contribution is -2.41. The number of non-ortho nitro benzene ring substituents is 1. The molecule has 2 aliphatic heterocycles. The average Bonchev–Trinajstić information content (AvgIpc) is 3.29. The van der Waals surface area contributed by atoms with E-state index in [0.29, 0.717) is 37.4 Å². The molecule has 1 fully saturated rings. The van der Waals surface area contributed by atoms with E-state index in [1.165, 1.54) is 18.2 Å². The number of carbonyl (C=O) groups is 1. The molecule has 8 heteroatoms. The number of morpholine rings is 1. The van der Waals surface area contributed by atoms with Crippen LogP contribution in [0.25, 0.3) is 0 Å². The number of phenolic OH excluding ortho intramolecular Hbond substituents is 1. The van der Waals surface area contributed by atoms with Crippen LogP contribution >= 0.6 is 0 Å². The van der Waals surface area contributed by atoms with E-state index in [9.17, 15) is 20.0 Å². The van der Waals surface area contributed by atoms with E-state index in [4.69, 9.17) is 4.74 Å². The molecule has 2 aromatic carbocycles. The van der Waals surface area contributed by atoms with Crippen LogP contribution in [0.15, 0.2) is 48.6 Å². The van der Waals surface area contributed by atoms with E-state index in [1.54, 1.807) is 4.90 Å². The largest absolute Gasteiger partial charge is 0.508 e. The first-order valence-electron chi connectivity index (χ1n) is 10.4. The average molecular weight is 421 g/mol. The Balaban J connectivity index is 1.58. The van der Waals surface area contributed by atoms with Crippen molar-refractivity contribution in [2.75, 3.05) is 31.6 Å². The van der Waals surface area contributed by atoms with E-state index >= 15 is 0 Å². The van der Waals surface area contributed by atoms with Crippen molar-refractivity contribution in [3.05, 3.63) is 75.4 Å². The maximum Gasteiger partial charge on any atom is 0.270 e. The van der Waals surface area contributed by atoms with Crippen LogP contribution in [-0.4, -0.2) is 47.1 Å². The maximum atomic E-state index is 13.3. The molecule has 2 heterocycles. The Bertz CT molecular complexity index is 1080. The number of ether oxygens (including phenoxy) is 1. The van der Waals surface area contributed by atoms with Gasteiger partial charge < -0.3 is 20.1 Å². The predicted molar refractivity (Wildman–Crippen MR) is 114 cm³/mol. The summed E-state index contributed by atoms with van der Waals surface area (Å²) in [5, 5.41) is 25.3. The number of hydrogen-bond acceptors (Lipinski definition) is 6. The molecule has 5 rings (SSSR count). The number of phenols is 1. The Kier molecular flexibility index (Phi) is 4.86. The van der Waals surface area contributed by atoms with Gasteiger partial charge in [-0.05, 0) is 30.0 Å². The van der Waals surface area contributed by atoms with Gasteiger partial charge in [-0.15, -0.1) is 0 Å². The van der Waals surface area contributed by atoms with Crippen LogP contribution in [-0.2, 0) is 4.74 Å². The first-order chi connectivity index (χ1) is 15.0. The van der Waals surface area contributed by atoms with Gasteiger partial charge in [-0.25, -0.2) is 0 Å². The fourth-order valence-corrected chi connectivity index (χ4v) is 4.95. The van der Waals surface area contributed by atoms with Crippen molar-refractivity contribution in [3.8, 4) is 5.75 Å². The second kappa shape index (κ2) is 7.70. The first-order valence-corrected chi connectivity index (χ1v) is 10.4. The van der Waals surface area contributed by atoms with E-state index < -0.39 is 4.92 Å². The smallest absolute Gasteiger partial charge is 0.270 e. The molecule has 0 spiro atoms. The quantitative estimate of drug-likeness (QED) is 0.446. The molecule has 0 saturated carbocycles. The fourth-order valence-electron chi connectivity index (χ4n) is 4.95. The maximum absolute atomic E-state index is 13.3. The summed E-state index contributed by atoms with van der Waals surface area (Å²) in [6.45, 7) is 2.13. The van der Waals surface area contributed by atoms with Crippen LogP contribution in [0.3, 0.4) is 0 Å². The summed E-state index contributed by atoms with van der Waals surface area (Å²) in [5.41, 5.74) is 2.77. The van der Waals surface area contributed by atoms with Crippen LogP contribution < -0.4 is 5.32 Å². The minimum absolute atomic E-state index is 0.00851. The lowest BCUT2D eigenvalue weighted by Gasteiger charge is -2.39. The number of nitrogens with zero attached hydrogens (tertiary/aromatic N) is 2. The van der Waals surface area contributed by atoms with E-state index in [1.807, 2.05) is 18.2 Å². The molecule has 1 saturated heterocycles. The SMILES string of the molecule is O=C(c1cccc2c1NC(c1cc([N+](=O)[O-])ccc1O)C1CC=CC21)N1CCOCC1. The third kappa shape index (κ3) is 3.33. The van der Waals surface area contributed by atoms with Gasteiger partial charge in [-0.1, -0.05) is 24.3 Å². The molecule has 0 radical (unpaired) electrons. The molecule has 3 atom stereocenters. The van der Waals surface area contributed by atoms with Crippen molar-refractivity contribution in [1.82, 2.24) is 4.90 Å². The Hall–Kier alpha value is -3.39. The minimum Gasteiger partial charge on any atom is -0.508 e. The normalized spacial score (nSPS) is 24.3. The predicted octanol–water partition coefficient (Wildman–Crippen LogP) is 3.60. The van der Waals surface area contributed by atoms with Crippen molar-refractivity contribution in [2.24, 2.45) is 5.92 Å². The number of para-hydroxylation sites is 1. The fraction of sp³-hybridized carbons (Fsp3) is 0.348. The summed E-state index contributed by atoms with van der Waals surface area (Å²) < 4.78 is 5.37. The van der Waals surface area contributed by atoms with Gasteiger partial charge in [-0.2, -0.15) is 0 Å². The second-order valence-corrected chi connectivity index (χ2v) is 8.15. The number of nitro groups is 1. The van der Waals surface area contributed by atoms with Crippen LogP contribution in [0.5, 0.6) is 5.75 Å². The topological polar surface area (TPSA) is 105 Å². The summed E-state index contributed by atoms with van der Waals surface area (Å²) in [5.74, 6) is 0.107. The van der Waals surface area contributed by atoms with Crippen molar-refractivity contribution in [2.45, 2.75) is 18.4 Å². The van der Waals surface area contributed by atoms with Gasteiger partial charge in [0.2, 0.25) is 0 Å². The number of benzene rings is 2. The highest BCUT2D eigenvalue weighted by atomic mass is 16.6. The summed E-state index contributed by atoms with van der Waals surface area (Å²) in [6, 6.07) is 9.48. The zero-order chi connectivity index (χ0) is 21.5. The standard InChI is InChI=1S/C23H23N3O5/c27-20-8-7-14(26(29)30)13-19(20)22-17-4-1-3-15(17)16-5-2-6-18(21(16)24-22)23(28)25-9-11-31-12-10-25/h1-3,5-8,13,15,17,22,24,27H,4,9-12H2. The molecular weight excluding hydrogens is 398 g/mol. The second-order valence-electron chi connectivity index (χ2n) is 8.15. The van der Waals surface area contributed by atoms with E-state index in [2.05, 4.69) is 17.5 Å². The molecule has 1 amide bonds. The number of nitrogens with one attached hydrogen (secondary N) is 1. The number of allylic oxidation sites excluding steroid dienone is 2. The summed E-state index contributed by atoms with van der Waals surface area (Å²) in [6.07, 6.45) is 5.02. The molecule has 160 valence electrons. The lowest BCUT2D eigenvalue weighted by atomic mass is 9.76. The first kappa shape index (κ1) is 19.6. The van der Waals surface area contributed by atoms with Gasteiger partial charge in [0.1, 0.15) is 5.75 Å². The monoisotopic (exact) mass is 421 g/mol. The van der Waals surface area contributed by atoms with Crippen LogP contribution in [0.1, 0.15) is 39.9 Å². The molecule has 2 aromatic rings. The van der Waals surface area contributed by atoms with Crippen LogP contribution in [0, 0.1) is 16.0 Å². The van der Waals surface area contributed by atoms with Crippen LogP contribution in [0.4, 0.5) is 11.4 Å². The van der Waals surface area contributed by atoms with Crippen molar-refractivity contribution < 1.29 is 19.6 Å². The van der Waals surface area contributed by atoms with E-state index in [0.717, 1.165) is 17.7 Å². The number of rotatable bonds is 3. The highest BCUT2D eigenvalue weighted by molar-refractivity contribution is 6.01. The number of anilines is 1.